The van der Waals surface area contributed by atoms with Crippen molar-refractivity contribution in [2.45, 2.75) is 13.1 Å². The summed E-state index contributed by atoms with van der Waals surface area (Å²) in [5.41, 5.74) is 7.59. The van der Waals surface area contributed by atoms with E-state index in [-0.39, 0.29) is 0 Å². The van der Waals surface area contributed by atoms with Crippen molar-refractivity contribution in [1.82, 2.24) is 19.2 Å². The molecule has 0 spiro atoms. The van der Waals surface area contributed by atoms with Crippen molar-refractivity contribution in [1.29, 1.82) is 0 Å². The van der Waals surface area contributed by atoms with E-state index in [1.165, 1.54) is 0 Å². The lowest BCUT2D eigenvalue weighted by atomic mass is 10.4. The Hall–Kier alpha value is -1.66. The molecule has 0 atom stereocenters. The van der Waals surface area contributed by atoms with Crippen LogP contribution in [0.25, 0.3) is 4.96 Å². The fraction of sp³-hybridized carbons (Fsp3) is 0.200. The third-order valence-electron chi connectivity index (χ3n) is 2.39. The molecule has 0 saturated carbocycles. The van der Waals surface area contributed by atoms with Crippen LogP contribution < -0.4 is 5.73 Å². The maximum Gasteiger partial charge on any atom is 0.193 e. The highest BCUT2D eigenvalue weighted by atomic mass is 32.1. The van der Waals surface area contributed by atoms with Crippen LogP contribution in [0.5, 0.6) is 0 Å². The molecule has 0 bridgehead atoms. The van der Waals surface area contributed by atoms with Gasteiger partial charge in [-0.15, -0.1) is 11.3 Å². The van der Waals surface area contributed by atoms with E-state index >= 15 is 0 Å². The molecule has 3 aromatic heterocycles. The van der Waals surface area contributed by atoms with E-state index in [0.29, 0.717) is 13.1 Å². The molecule has 3 heterocycles. The van der Waals surface area contributed by atoms with Crippen LogP contribution in [0.2, 0.25) is 0 Å². The van der Waals surface area contributed by atoms with Crippen LogP contribution in [0.3, 0.4) is 0 Å². The number of hydrogen-bond acceptors (Lipinski definition) is 4. The molecular weight excluding hydrogens is 222 g/mol. The van der Waals surface area contributed by atoms with Gasteiger partial charge in [-0.1, -0.05) is 0 Å². The van der Waals surface area contributed by atoms with Gasteiger partial charge in [0.1, 0.15) is 0 Å². The van der Waals surface area contributed by atoms with Crippen molar-refractivity contribution in [2.75, 3.05) is 0 Å². The lowest BCUT2D eigenvalue weighted by Gasteiger charge is -1.95. The smallest absolute Gasteiger partial charge is 0.193 e. The predicted molar refractivity (Wildman–Crippen MR) is 62.3 cm³/mol. The molecule has 82 valence electrons. The highest BCUT2D eigenvalue weighted by Crippen LogP contribution is 2.12. The summed E-state index contributed by atoms with van der Waals surface area (Å²) in [5, 5.41) is 6.25. The van der Waals surface area contributed by atoms with E-state index in [2.05, 4.69) is 10.1 Å². The first-order valence-corrected chi connectivity index (χ1v) is 5.85. The van der Waals surface area contributed by atoms with Gasteiger partial charge in [0.25, 0.3) is 0 Å². The lowest BCUT2D eigenvalue weighted by molar-refractivity contribution is 0.675. The molecule has 6 heteroatoms. The van der Waals surface area contributed by atoms with Crippen LogP contribution in [0.4, 0.5) is 0 Å². The number of aromatic nitrogens is 4. The predicted octanol–water partition coefficient (Wildman–Crippen LogP) is 1.10. The molecule has 16 heavy (non-hydrogen) atoms. The molecule has 0 saturated heterocycles. The van der Waals surface area contributed by atoms with Gasteiger partial charge in [0.2, 0.25) is 0 Å². The van der Waals surface area contributed by atoms with Gasteiger partial charge in [-0.2, -0.15) is 5.10 Å². The van der Waals surface area contributed by atoms with Gasteiger partial charge in [-0.3, -0.25) is 9.08 Å². The number of rotatable bonds is 3. The maximum absolute atomic E-state index is 5.53. The van der Waals surface area contributed by atoms with Crippen molar-refractivity contribution < 1.29 is 0 Å². The third kappa shape index (κ3) is 1.62. The van der Waals surface area contributed by atoms with Gasteiger partial charge in [-0.25, -0.2) is 4.98 Å². The van der Waals surface area contributed by atoms with Gasteiger partial charge in [0.15, 0.2) is 4.96 Å². The number of fused-ring (bicyclic) bond motifs is 1. The number of nitrogens with zero attached hydrogens (tertiary/aromatic N) is 4. The summed E-state index contributed by atoms with van der Waals surface area (Å²) in [6.45, 7) is 1.21. The molecular formula is C10H11N5S. The van der Waals surface area contributed by atoms with Crippen LogP contribution in [0.15, 0.2) is 30.2 Å². The minimum absolute atomic E-state index is 0.526. The molecule has 0 aliphatic heterocycles. The first kappa shape index (κ1) is 9.56. The molecule has 0 aliphatic carbocycles. The maximum atomic E-state index is 5.53. The Balaban J connectivity index is 1.86. The molecule has 0 aliphatic rings. The molecule has 0 amide bonds. The summed E-state index contributed by atoms with van der Waals surface area (Å²) in [5.74, 6) is 0. The molecule has 3 aromatic rings. The number of nitrogens with two attached hydrogens (primary N) is 1. The molecule has 5 nitrogen and oxygen atoms in total. The quantitative estimate of drug-likeness (QED) is 0.737. The molecule has 0 unspecified atom stereocenters. The second-order valence-electron chi connectivity index (χ2n) is 3.58. The topological polar surface area (TPSA) is 61.1 Å². The zero-order valence-electron chi connectivity index (χ0n) is 8.58. The van der Waals surface area contributed by atoms with Gasteiger partial charge in [0, 0.05) is 36.1 Å². The van der Waals surface area contributed by atoms with Gasteiger partial charge >= 0.3 is 0 Å². The second kappa shape index (κ2) is 3.73. The number of hydrogen-bond donors (Lipinski definition) is 1. The van der Waals surface area contributed by atoms with Crippen molar-refractivity contribution in [3.63, 3.8) is 0 Å². The SMILES string of the molecule is NCc1cnn(Cc2cn3ccsc3n2)c1. The van der Waals surface area contributed by atoms with E-state index in [9.17, 15) is 0 Å². The van der Waals surface area contributed by atoms with E-state index in [4.69, 9.17) is 5.73 Å². The Bertz CT molecular complexity index is 577. The molecule has 2 N–H and O–H groups in total. The van der Waals surface area contributed by atoms with Crippen LogP contribution in [0, 0.1) is 0 Å². The second-order valence-corrected chi connectivity index (χ2v) is 4.45. The minimum atomic E-state index is 0.526. The Kier molecular flexibility index (Phi) is 2.23. The van der Waals surface area contributed by atoms with E-state index < -0.39 is 0 Å². The molecule has 0 radical (unpaired) electrons. The molecule has 0 fully saturated rings. The fourth-order valence-electron chi connectivity index (χ4n) is 1.62. The summed E-state index contributed by atoms with van der Waals surface area (Å²) in [6, 6.07) is 0. The summed E-state index contributed by atoms with van der Waals surface area (Å²) in [4.78, 5) is 5.51. The third-order valence-corrected chi connectivity index (χ3v) is 3.16. The molecule has 3 rings (SSSR count). The Morgan fingerprint density at radius 3 is 3.06 bits per heavy atom. The summed E-state index contributed by atoms with van der Waals surface area (Å²) in [6.07, 6.45) is 7.77. The van der Waals surface area contributed by atoms with E-state index in [0.717, 1.165) is 16.2 Å². The average Bonchev–Trinajstić information content (AvgIpc) is 2.92. The number of thiazole rings is 1. The van der Waals surface area contributed by atoms with E-state index in [1.54, 1.807) is 17.5 Å². The van der Waals surface area contributed by atoms with Crippen LogP contribution in [0.1, 0.15) is 11.3 Å². The summed E-state index contributed by atoms with van der Waals surface area (Å²) < 4.78 is 3.88. The van der Waals surface area contributed by atoms with Crippen LogP contribution in [-0.4, -0.2) is 19.2 Å². The van der Waals surface area contributed by atoms with Crippen LogP contribution in [-0.2, 0) is 13.1 Å². The minimum Gasteiger partial charge on any atom is -0.326 e. The van der Waals surface area contributed by atoms with Crippen molar-refractivity contribution in [2.24, 2.45) is 5.73 Å². The Labute approximate surface area is 96.1 Å². The highest BCUT2D eigenvalue weighted by molar-refractivity contribution is 7.15. The summed E-state index contributed by atoms with van der Waals surface area (Å²) >= 11 is 1.63. The fourth-order valence-corrected chi connectivity index (χ4v) is 2.34. The zero-order chi connectivity index (χ0) is 11.0. The highest BCUT2D eigenvalue weighted by Gasteiger charge is 2.04. The summed E-state index contributed by atoms with van der Waals surface area (Å²) in [7, 11) is 0. The van der Waals surface area contributed by atoms with Crippen molar-refractivity contribution >= 4 is 16.3 Å². The standard InChI is InChI=1S/C10H11N5S/c11-3-8-4-12-15(5-8)7-9-6-14-1-2-16-10(14)13-9/h1-2,4-6H,3,7,11H2. The normalized spacial score (nSPS) is 11.3. The first-order valence-electron chi connectivity index (χ1n) is 4.97. The zero-order valence-corrected chi connectivity index (χ0v) is 9.39. The number of imidazole rings is 1. The monoisotopic (exact) mass is 233 g/mol. The first-order chi connectivity index (χ1) is 7.85. The molecule has 0 aromatic carbocycles. The van der Waals surface area contributed by atoms with Gasteiger partial charge in [-0.05, 0) is 0 Å². The average molecular weight is 233 g/mol. The van der Waals surface area contributed by atoms with Crippen LogP contribution >= 0.6 is 11.3 Å². The van der Waals surface area contributed by atoms with Gasteiger partial charge in [0.05, 0.1) is 18.4 Å². The van der Waals surface area contributed by atoms with Crippen molar-refractivity contribution in [3.05, 3.63) is 41.4 Å². The van der Waals surface area contributed by atoms with Gasteiger partial charge < -0.3 is 5.73 Å². The Morgan fingerprint density at radius 1 is 1.38 bits per heavy atom. The Morgan fingerprint density at radius 2 is 2.31 bits per heavy atom. The largest absolute Gasteiger partial charge is 0.326 e. The van der Waals surface area contributed by atoms with E-state index in [1.807, 2.05) is 33.1 Å². The van der Waals surface area contributed by atoms with Crippen molar-refractivity contribution in [3.8, 4) is 0 Å². The lowest BCUT2D eigenvalue weighted by Crippen LogP contribution is -2.00.